The van der Waals surface area contributed by atoms with Crippen molar-refractivity contribution in [1.29, 1.82) is 0 Å². The number of hydrogen-bond acceptors (Lipinski definition) is 3. The van der Waals surface area contributed by atoms with Crippen LogP contribution in [0.5, 0.6) is 0 Å². The Morgan fingerprint density at radius 1 is 1.30 bits per heavy atom. The van der Waals surface area contributed by atoms with Gasteiger partial charge in [-0.2, -0.15) is 0 Å². The van der Waals surface area contributed by atoms with Crippen molar-refractivity contribution in [3.05, 3.63) is 0 Å². The number of carboxylic acids is 1. The number of aliphatic carboxylic acids is 1. The fraction of sp³-hybridized carbons (Fsp3) is 0.938. The van der Waals surface area contributed by atoms with Gasteiger partial charge in [-0.25, -0.2) is 0 Å². The van der Waals surface area contributed by atoms with Gasteiger partial charge in [0.05, 0.1) is 0 Å². The maximum Gasteiger partial charge on any atom is 0.320 e. The van der Waals surface area contributed by atoms with E-state index in [4.69, 9.17) is 0 Å². The molecular formula is C16H30N2O2. The average molecular weight is 282 g/mol. The van der Waals surface area contributed by atoms with Gasteiger partial charge >= 0.3 is 5.97 Å². The number of likely N-dealkylation sites (tertiary alicyclic amines) is 2. The lowest BCUT2D eigenvalue weighted by atomic mass is 9.88. The molecule has 1 N–H and O–H groups in total. The fourth-order valence-electron chi connectivity index (χ4n) is 4.07. The van der Waals surface area contributed by atoms with E-state index >= 15 is 0 Å². The Morgan fingerprint density at radius 2 is 2.00 bits per heavy atom. The van der Waals surface area contributed by atoms with Crippen molar-refractivity contribution in [1.82, 2.24) is 9.80 Å². The van der Waals surface area contributed by atoms with Crippen LogP contribution in [0.1, 0.15) is 53.4 Å². The predicted molar refractivity (Wildman–Crippen MR) is 80.9 cm³/mol. The molecule has 2 aliphatic heterocycles. The molecule has 4 nitrogen and oxygen atoms in total. The van der Waals surface area contributed by atoms with E-state index in [2.05, 4.69) is 37.5 Å². The third-order valence-electron chi connectivity index (χ3n) is 5.15. The lowest BCUT2D eigenvalue weighted by molar-refractivity contribution is -0.144. The number of hydrogen-bond donors (Lipinski definition) is 1. The van der Waals surface area contributed by atoms with Gasteiger partial charge < -0.3 is 10.0 Å². The summed E-state index contributed by atoms with van der Waals surface area (Å²) >= 11 is 0. The van der Waals surface area contributed by atoms with Gasteiger partial charge in [-0.05, 0) is 72.4 Å². The zero-order valence-electron chi connectivity index (χ0n) is 13.4. The van der Waals surface area contributed by atoms with Crippen LogP contribution in [0.3, 0.4) is 0 Å². The van der Waals surface area contributed by atoms with Crippen molar-refractivity contribution < 1.29 is 9.90 Å². The Morgan fingerprint density at radius 3 is 2.55 bits per heavy atom. The molecule has 0 aromatic heterocycles. The summed E-state index contributed by atoms with van der Waals surface area (Å²) in [5.74, 6) is 0.0632. The molecule has 0 aromatic carbocycles. The van der Waals surface area contributed by atoms with Crippen LogP contribution in [0, 0.1) is 5.92 Å². The molecule has 4 heteroatoms. The summed E-state index contributed by atoms with van der Waals surface area (Å²) in [5, 5.41) is 9.37. The topological polar surface area (TPSA) is 43.8 Å². The van der Waals surface area contributed by atoms with E-state index < -0.39 is 5.97 Å². The number of carboxylic acid groups (broad SMARTS) is 1. The summed E-state index contributed by atoms with van der Waals surface area (Å²) in [6.45, 7) is 12.3. The first kappa shape index (κ1) is 15.8. The molecule has 0 spiro atoms. The van der Waals surface area contributed by atoms with Crippen molar-refractivity contribution in [3.8, 4) is 0 Å². The highest BCUT2D eigenvalue weighted by atomic mass is 16.4. The summed E-state index contributed by atoms with van der Waals surface area (Å²) in [6, 6.07) is 0.356. The highest BCUT2D eigenvalue weighted by Gasteiger charge is 2.41. The largest absolute Gasteiger partial charge is 0.480 e. The fourth-order valence-corrected chi connectivity index (χ4v) is 4.07. The molecule has 2 unspecified atom stereocenters. The van der Waals surface area contributed by atoms with E-state index in [-0.39, 0.29) is 11.6 Å². The van der Waals surface area contributed by atoms with Crippen LogP contribution >= 0.6 is 0 Å². The number of rotatable bonds is 5. The van der Waals surface area contributed by atoms with Gasteiger partial charge in [0, 0.05) is 18.1 Å². The SMILES string of the molecule is CC(C)N1CCC(CC(C)(C)N2CCCC2C(=O)O)C1. The van der Waals surface area contributed by atoms with Gasteiger partial charge in [0.25, 0.3) is 0 Å². The zero-order chi connectivity index (χ0) is 14.9. The monoisotopic (exact) mass is 282 g/mol. The van der Waals surface area contributed by atoms with Crippen LogP contribution in [0.15, 0.2) is 0 Å². The van der Waals surface area contributed by atoms with Gasteiger partial charge in [0.2, 0.25) is 0 Å². The molecule has 0 aliphatic carbocycles. The zero-order valence-corrected chi connectivity index (χ0v) is 13.4. The second-order valence-electron chi connectivity index (χ2n) is 7.45. The molecule has 2 aliphatic rings. The van der Waals surface area contributed by atoms with Crippen LogP contribution in [0.25, 0.3) is 0 Å². The second kappa shape index (κ2) is 6.02. The Hall–Kier alpha value is -0.610. The second-order valence-corrected chi connectivity index (χ2v) is 7.45. The number of carbonyl (C=O) groups is 1. The first-order valence-electron chi connectivity index (χ1n) is 8.05. The molecule has 0 aromatic rings. The Bertz CT molecular complexity index is 354. The standard InChI is InChI=1S/C16H30N2O2/c1-12(2)17-9-7-13(11-17)10-16(3,4)18-8-5-6-14(18)15(19)20/h12-14H,5-11H2,1-4H3,(H,19,20). The Balaban J connectivity index is 1.95. The minimum atomic E-state index is -0.647. The highest BCUT2D eigenvalue weighted by molar-refractivity contribution is 5.74. The molecule has 116 valence electrons. The molecule has 0 radical (unpaired) electrons. The van der Waals surface area contributed by atoms with Gasteiger partial charge in [-0.15, -0.1) is 0 Å². The smallest absolute Gasteiger partial charge is 0.320 e. The van der Waals surface area contributed by atoms with Gasteiger partial charge in [0.15, 0.2) is 0 Å². The molecule has 2 rings (SSSR count). The summed E-state index contributed by atoms with van der Waals surface area (Å²) in [4.78, 5) is 16.2. The van der Waals surface area contributed by atoms with Crippen molar-refractivity contribution in [3.63, 3.8) is 0 Å². The van der Waals surface area contributed by atoms with Crippen molar-refractivity contribution >= 4 is 5.97 Å². The summed E-state index contributed by atoms with van der Waals surface area (Å²) in [7, 11) is 0. The molecule has 0 saturated carbocycles. The van der Waals surface area contributed by atoms with Gasteiger partial charge in [-0.1, -0.05) is 0 Å². The molecule has 2 fully saturated rings. The quantitative estimate of drug-likeness (QED) is 0.841. The molecule has 20 heavy (non-hydrogen) atoms. The minimum Gasteiger partial charge on any atom is -0.480 e. The molecule has 2 heterocycles. The number of nitrogens with zero attached hydrogens (tertiary/aromatic N) is 2. The minimum absolute atomic E-state index is 0.00277. The first-order chi connectivity index (χ1) is 9.31. The van der Waals surface area contributed by atoms with E-state index in [0.717, 1.165) is 25.8 Å². The summed E-state index contributed by atoms with van der Waals surface area (Å²) in [6.07, 6.45) is 4.19. The third-order valence-corrected chi connectivity index (χ3v) is 5.15. The van der Waals surface area contributed by atoms with Crippen molar-refractivity contribution in [2.45, 2.75) is 71.0 Å². The normalized spacial score (nSPS) is 29.4. The van der Waals surface area contributed by atoms with Crippen LogP contribution in [0.2, 0.25) is 0 Å². The van der Waals surface area contributed by atoms with E-state index in [0.29, 0.717) is 12.0 Å². The van der Waals surface area contributed by atoms with E-state index in [1.807, 2.05) is 0 Å². The van der Waals surface area contributed by atoms with E-state index in [1.165, 1.54) is 19.5 Å². The van der Waals surface area contributed by atoms with Gasteiger partial charge in [-0.3, -0.25) is 9.69 Å². The van der Waals surface area contributed by atoms with E-state index in [1.54, 1.807) is 0 Å². The van der Waals surface area contributed by atoms with Crippen molar-refractivity contribution in [2.75, 3.05) is 19.6 Å². The lowest BCUT2D eigenvalue weighted by Gasteiger charge is -2.40. The maximum atomic E-state index is 11.4. The molecule has 0 amide bonds. The van der Waals surface area contributed by atoms with Gasteiger partial charge in [0.1, 0.15) is 6.04 Å². The molecule has 2 atom stereocenters. The molecular weight excluding hydrogens is 252 g/mol. The first-order valence-corrected chi connectivity index (χ1v) is 8.05. The van der Waals surface area contributed by atoms with Crippen molar-refractivity contribution in [2.24, 2.45) is 5.92 Å². The summed E-state index contributed by atoms with van der Waals surface area (Å²) in [5.41, 5.74) is -0.00277. The predicted octanol–water partition coefficient (Wildman–Crippen LogP) is 2.43. The lowest BCUT2D eigenvalue weighted by Crippen LogP contribution is -2.50. The average Bonchev–Trinajstić information content (AvgIpc) is 2.95. The van der Waals surface area contributed by atoms with Crippen LogP contribution in [-0.4, -0.2) is 58.1 Å². The van der Waals surface area contributed by atoms with E-state index in [9.17, 15) is 9.90 Å². The maximum absolute atomic E-state index is 11.4. The summed E-state index contributed by atoms with van der Waals surface area (Å²) < 4.78 is 0. The molecule has 2 saturated heterocycles. The third kappa shape index (κ3) is 3.34. The Kier molecular flexibility index (Phi) is 4.75. The van der Waals surface area contributed by atoms with Crippen LogP contribution in [0.4, 0.5) is 0 Å². The Labute approximate surface area is 123 Å². The highest BCUT2D eigenvalue weighted by Crippen LogP contribution is 2.34. The van der Waals surface area contributed by atoms with Crippen LogP contribution < -0.4 is 0 Å². The molecule has 0 bridgehead atoms. The van der Waals surface area contributed by atoms with Crippen LogP contribution in [-0.2, 0) is 4.79 Å².